The number of benzene rings is 2. The normalized spacial score (nSPS) is 16.0. The molecule has 1 aromatic heterocycles. The second-order valence-corrected chi connectivity index (χ2v) is 11.8. The standard InChI is InChI=1S/C34H42N4O3/c1-5-38(28-9-7-6-8-10-28)32-17-27(26-13-11-25(12-14-26)19-37-20-29(39)21-37)16-30(24(32)4)33(40)35-18-31-22(2)15-23(3)36-34(31)41/h11-17,28H,5-10,18-21H2,1-4H3,(H,35,40)(H,36,41). The zero-order valence-electron chi connectivity index (χ0n) is 24.8. The van der Waals surface area contributed by atoms with Crippen molar-refractivity contribution in [1.82, 2.24) is 15.2 Å². The lowest BCUT2D eigenvalue weighted by Gasteiger charge is -2.37. The number of aryl methyl sites for hydroxylation is 2. The van der Waals surface area contributed by atoms with E-state index in [4.69, 9.17) is 0 Å². The lowest BCUT2D eigenvalue weighted by atomic mass is 9.91. The van der Waals surface area contributed by atoms with Gasteiger partial charge < -0.3 is 15.2 Å². The number of nitrogens with one attached hydrogen (secondary N) is 2. The average Bonchev–Trinajstić information content (AvgIpc) is 2.94. The second kappa shape index (κ2) is 12.4. The molecule has 2 aliphatic rings. The number of aromatic nitrogens is 1. The number of ketones is 1. The zero-order chi connectivity index (χ0) is 29.1. The lowest BCUT2D eigenvalue weighted by Crippen LogP contribution is -2.46. The fourth-order valence-electron chi connectivity index (χ4n) is 6.41. The fraction of sp³-hybridized carbons (Fsp3) is 0.441. The number of rotatable bonds is 9. The third kappa shape index (κ3) is 6.46. The summed E-state index contributed by atoms with van der Waals surface area (Å²) in [4.78, 5) is 45.1. The maximum atomic E-state index is 13.7. The molecule has 0 spiro atoms. The van der Waals surface area contributed by atoms with E-state index in [-0.39, 0.29) is 18.0 Å². The van der Waals surface area contributed by atoms with Gasteiger partial charge in [-0.15, -0.1) is 0 Å². The molecule has 0 bridgehead atoms. The Hall–Kier alpha value is -3.71. The van der Waals surface area contributed by atoms with Gasteiger partial charge in [-0.25, -0.2) is 0 Å². The summed E-state index contributed by atoms with van der Waals surface area (Å²) < 4.78 is 0. The summed E-state index contributed by atoms with van der Waals surface area (Å²) in [6, 6.07) is 15.1. The highest BCUT2D eigenvalue weighted by Crippen LogP contribution is 2.35. The molecule has 2 heterocycles. The monoisotopic (exact) mass is 554 g/mol. The number of hydrogen-bond donors (Lipinski definition) is 2. The van der Waals surface area contributed by atoms with Gasteiger partial charge in [0.1, 0.15) is 0 Å². The van der Waals surface area contributed by atoms with E-state index in [1.54, 1.807) is 0 Å². The van der Waals surface area contributed by atoms with Gasteiger partial charge in [-0.2, -0.15) is 0 Å². The second-order valence-electron chi connectivity index (χ2n) is 11.8. The van der Waals surface area contributed by atoms with Crippen LogP contribution in [0.5, 0.6) is 0 Å². The van der Waals surface area contributed by atoms with E-state index >= 15 is 0 Å². The number of aromatic amines is 1. The van der Waals surface area contributed by atoms with E-state index in [0.717, 1.165) is 46.7 Å². The molecule has 1 aliphatic heterocycles. The van der Waals surface area contributed by atoms with Crippen LogP contribution in [0.4, 0.5) is 5.69 Å². The molecular formula is C34H42N4O3. The number of nitrogens with zero attached hydrogens (tertiary/aromatic N) is 2. The molecule has 7 heteroatoms. The Kier molecular flexibility index (Phi) is 8.74. The van der Waals surface area contributed by atoms with Crippen molar-refractivity contribution in [2.45, 2.75) is 78.9 Å². The van der Waals surface area contributed by atoms with Crippen LogP contribution in [0.2, 0.25) is 0 Å². The third-order valence-corrected chi connectivity index (χ3v) is 8.70. The van der Waals surface area contributed by atoms with Gasteiger partial charge in [0.15, 0.2) is 5.78 Å². The smallest absolute Gasteiger partial charge is 0.253 e. The number of amides is 1. The topological polar surface area (TPSA) is 85.5 Å². The zero-order valence-corrected chi connectivity index (χ0v) is 24.8. The Morgan fingerprint density at radius 3 is 2.32 bits per heavy atom. The molecule has 2 fully saturated rings. The summed E-state index contributed by atoms with van der Waals surface area (Å²) in [7, 11) is 0. The lowest BCUT2D eigenvalue weighted by molar-refractivity contribution is -0.129. The minimum absolute atomic E-state index is 0.161. The van der Waals surface area contributed by atoms with E-state index in [9.17, 15) is 14.4 Å². The summed E-state index contributed by atoms with van der Waals surface area (Å²) in [5.41, 5.74) is 8.02. The molecular weight excluding hydrogens is 512 g/mol. The van der Waals surface area contributed by atoms with Crippen LogP contribution in [0.3, 0.4) is 0 Å². The predicted molar refractivity (Wildman–Crippen MR) is 164 cm³/mol. The number of carbonyl (C=O) groups is 2. The van der Waals surface area contributed by atoms with Crippen molar-refractivity contribution in [3.8, 4) is 11.1 Å². The predicted octanol–water partition coefficient (Wildman–Crippen LogP) is 5.44. The van der Waals surface area contributed by atoms with Gasteiger partial charge in [-0.3, -0.25) is 19.3 Å². The molecule has 2 aromatic carbocycles. The van der Waals surface area contributed by atoms with Gasteiger partial charge in [-0.1, -0.05) is 43.5 Å². The van der Waals surface area contributed by atoms with Gasteiger partial charge in [0.05, 0.1) is 13.1 Å². The fourth-order valence-corrected chi connectivity index (χ4v) is 6.41. The van der Waals surface area contributed by atoms with Crippen LogP contribution >= 0.6 is 0 Å². The highest BCUT2D eigenvalue weighted by atomic mass is 16.2. The summed E-state index contributed by atoms with van der Waals surface area (Å²) in [5.74, 6) is 0.115. The van der Waals surface area contributed by atoms with Crippen molar-refractivity contribution < 1.29 is 9.59 Å². The van der Waals surface area contributed by atoms with Crippen LogP contribution in [0.1, 0.15) is 77.3 Å². The molecule has 1 saturated heterocycles. The van der Waals surface area contributed by atoms with Crippen LogP contribution in [-0.2, 0) is 17.9 Å². The molecule has 5 rings (SSSR count). The van der Waals surface area contributed by atoms with Crippen molar-refractivity contribution in [2.75, 3.05) is 24.5 Å². The van der Waals surface area contributed by atoms with Crippen molar-refractivity contribution in [2.24, 2.45) is 0 Å². The van der Waals surface area contributed by atoms with Crippen LogP contribution in [-0.4, -0.2) is 47.3 Å². The highest BCUT2D eigenvalue weighted by Gasteiger charge is 2.25. The summed E-state index contributed by atoms with van der Waals surface area (Å²) >= 11 is 0. The van der Waals surface area contributed by atoms with Crippen LogP contribution in [0.25, 0.3) is 11.1 Å². The van der Waals surface area contributed by atoms with Crippen molar-refractivity contribution >= 4 is 17.4 Å². The summed E-state index contributed by atoms with van der Waals surface area (Å²) in [6.45, 7) is 10.9. The van der Waals surface area contributed by atoms with Crippen molar-refractivity contribution in [1.29, 1.82) is 0 Å². The number of Topliss-reactive ketones (excluding diaryl/α,β-unsaturated/α-hetero) is 1. The van der Waals surface area contributed by atoms with Crippen LogP contribution < -0.4 is 15.8 Å². The largest absolute Gasteiger partial charge is 0.369 e. The molecule has 3 aromatic rings. The minimum atomic E-state index is -0.177. The summed E-state index contributed by atoms with van der Waals surface area (Å²) in [6.07, 6.45) is 6.10. The molecule has 2 N–H and O–H groups in total. The van der Waals surface area contributed by atoms with Crippen molar-refractivity contribution in [3.63, 3.8) is 0 Å². The molecule has 41 heavy (non-hydrogen) atoms. The van der Waals surface area contributed by atoms with E-state index in [1.807, 2.05) is 32.9 Å². The number of likely N-dealkylation sites (tertiary alicyclic amines) is 1. The Morgan fingerprint density at radius 2 is 1.68 bits per heavy atom. The minimum Gasteiger partial charge on any atom is -0.369 e. The third-order valence-electron chi connectivity index (χ3n) is 8.70. The highest BCUT2D eigenvalue weighted by molar-refractivity contribution is 5.99. The first-order valence-electron chi connectivity index (χ1n) is 15.0. The first-order chi connectivity index (χ1) is 19.7. The maximum absolute atomic E-state index is 13.7. The van der Waals surface area contributed by atoms with E-state index in [0.29, 0.717) is 36.0 Å². The summed E-state index contributed by atoms with van der Waals surface area (Å²) in [5, 5.41) is 3.04. The number of anilines is 1. The van der Waals surface area contributed by atoms with Crippen LogP contribution in [0, 0.1) is 20.8 Å². The van der Waals surface area contributed by atoms with Gasteiger partial charge >= 0.3 is 0 Å². The molecule has 1 saturated carbocycles. The van der Waals surface area contributed by atoms with E-state index in [1.165, 1.54) is 37.7 Å². The number of carbonyl (C=O) groups excluding carboxylic acids is 2. The Bertz CT molecular complexity index is 1480. The molecule has 0 unspecified atom stereocenters. The molecule has 1 amide bonds. The average molecular weight is 555 g/mol. The van der Waals surface area contributed by atoms with E-state index in [2.05, 4.69) is 57.4 Å². The SMILES string of the molecule is CCN(c1cc(-c2ccc(CN3CC(=O)C3)cc2)cc(C(=O)NCc2c(C)cc(C)[nH]c2=O)c1C)C1CCCCC1. The first kappa shape index (κ1) is 28.8. The quantitative estimate of drug-likeness (QED) is 0.368. The van der Waals surface area contributed by atoms with Crippen molar-refractivity contribution in [3.05, 3.63) is 86.3 Å². The van der Waals surface area contributed by atoms with Gasteiger partial charge in [0, 0.05) is 48.2 Å². The van der Waals surface area contributed by atoms with E-state index < -0.39 is 0 Å². The molecule has 1 aliphatic carbocycles. The Morgan fingerprint density at radius 1 is 0.976 bits per heavy atom. The van der Waals surface area contributed by atoms with Gasteiger partial charge in [-0.05, 0) is 86.6 Å². The van der Waals surface area contributed by atoms with Crippen LogP contribution in [0.15, 0.2) is 47.3 Å². The molecule has 0 atom stereocenters. The number of pyridine rings is 1. The van der Waals surface area contributed by atoms with Gasteiger partial charge in [0.2, 0.25) is 0 Å². The maximum Gasteiger partial charge on any atom is 0.253 e. The molecule has 7 nitrogen and oxygen atoms in total. The molecule has 216 valence electrons. The van der Waals surface area contributed by atoms with Gasteiger partial charge in [0.25, 0.3) is 11.5 Å². The Balaban J connectivity index is 1.47. The first-order valence-corrected chi connectivity index (χ1v) is 15.0. The number of H-pyrrole nitrogens is 1. The Labute approximate surface area is 243 Å². The molecule has 0 radical (unpaired) electrons. The number of hydrogen-bond acceptors (Lipinski definition) is 5.